The number of amides is 2. The van der Waals surface area contributed by atoms with Crippen molar-refractivity contribution in [2.75, 3.05) is 31.7 Å². The predicted molar refractivity (Wildman–Crippen MR) is 116 cm³/mol. The Balaban J connectivity index is 2.01. The third-order valence-corrected chi connectivity index (χ3v) is 5.16. The molecule has 0 radical (unpaired) electrons. The molecular formula is C20H17F3IN3O6. The fourth-order valence-corrected chi connectivity index (χ4v) is 3.39. The number of morpholine rings is 1. The zero-order chi connectivity index (χ0) is 24.1. The van der Waals surface area contributed by atoms with E-state index in [1.807, 2.05) is 28.1 Å². The Labute approximate surface area is 198 Å². The van der Waals surface area contributed by atoms with E-state index in [2.05, 4.69) is 10.1 Å². The van der Waals surface area contributed by atoms with Gasteiger partial charge in [0.2, 0.25) is 0 Å². The van der Waals surface area contributed by atoms with E-state index in [4.69, 9.17) is 9.94 Å². The molecule has 1 heterocycles. The molecule has 1 fully saturated rings. The molecule has 0 unspecified atom stereocenters. The number of nitrogens with one attached hydrogen (secondary N) is 2. The normalized spacial score (nSPS) is 13.7. The number of nitrogens with zero attached hydrogens (tertiary/aromatic N) is 1. The SMILES string of the molecule is O=C1OCCN(Cc2cc(C(=O)NOCCO)c(Nc3ccc(I)cc3F)c(F)c2F)C1=O. The first-order valence-electron chi connectivity index (χ1n) is 9.45. The predicted octanol–water partition coefficient (Wildman–Crippen LogP) is 1.99. The minimum absolute atomic E-state index is 0.0549. The molecule has 2 amide bonds. The molecule has 13 heteroatoms. The van der Waals surface area contributed by atoms with Crippen LogP contribution in [-0.4, -0.2) is 54.2 Å². The van der Waals surface area contributed by atoms with Crippen molar-refractivity contribution in [3.8, 4) is 0 Å². The Morgan fingerprint density at radius 2 is 1.97 bits per heavy atom. The van der Waals surface area contributed by atoms with Gasteiger partial charge in [0.1, 0.15) is 12.4 Å². The van der Waals surface area contributed by atoms with Crippen LogP contribution < -0.4 is 10.8 Å². The maximum Gasteiger partial charge on any atom is 0.397 e. The van der Waals surface area contributed by atoms with Crippen molar-refractivity contribution in [3.63, 3.8) is 0 Å². The van der Waals surface area contributed by atoms with Gasteiger partial charge in [-0.15, -0.1) is 0 Å². The van der Waals surface area contributed by atoms with E-state index in [0.29, 0.717) is 3.57 Å². The van der Waals surface area contributed by atoms with Crippen LogP contribution in [0.25, 0.3) is 0 Å². The number of benzene rings is 2. The van der Waals surface area contributed by atoms with Crippen LogP contribution in [0.1, 0.15) is 15.9 Å². The first-order chi connectivity index (χ1) is 15.7. The van der Waals surface area contributed by atoms with Crippen molar-refractivity contribution in [1.82, 2.24) is 10.4 Å². The van der Waals surface area contributed by atoms with E-state index in [-0.39, 0.29) is 25.4 Å². The Kier molecular flexibility index (Phi) is 8.10. The Bertz CT molecular complexity index is 1100. The van der Waals surface area contributed by atoms with Crippen LogP contribution in [0.15, 0.2) is 24.3 Å². The summed E-state index contributed by atoms with van der Waals surface area (Å²) < 4.78 is 49.4. The van der Waals surface area contributed by atoms with Crippen molar-refractivity contribution in [1.29, 1.82) is 0 Å². The number of cyclic esters (lactones) is 1. The first kappa shape index (κ1) is 24.7. The van der Waals surface area contributed by atoms with Crippen LogP contribution in [0, 0.1) is 21.0 Å². The smallest absolute Gasteiger partial charge is 0.397 e. The molecule has 1 aliphatic rings. The highest BCUT2D eigenvalue weighted by atomic mass is 127. The molecule has 2 aromatic carbocycles. The van der Waals surface area contributed by atoms with E-state index in [1.165, 1.54) is 12.1 Å². The molecular weight excluding hydrogens is 562 g/mol. The topological polar surface area (TPSA) is 117 Å². The summed E-state index contributed by atoms with van der Waals surface area (Å²) in [6.45, 7) is -1.40. The lowest BCUT2D eigenvalue weighted by molar-refractivity contribution is -0.166. The van der Waals surface area contributed by atoms with Crippen molar-refractivity contribution >= 4 is 51.7 Å². The number of anilines is 2. The van der Waals surface area contributed by atoms with Gasteiger partial charge < -0.3 is 20.1 Å². The third-order valence-electron chi connectivity index (χ3n) is 4.49. The van der Waals surface area contributed by atoms with Crippen molar-refractivity contribution in [3.05, 3.63) is 56.4 Å². The van der Waals surface area contributed by atoms with Crippen LogP contribution in [0.4, 0.5) is 24.5 Å². The van der Waals surface area contributed by atoms with Gasteiger partial charge in [-0.3, -0.25) is 14.4 Å². The monoisotopic (exact) mass is 579 g/mol. The summed E-state index contributed by atoms with van der Waals surface area (Å²) in [5.74, 6) is -6.88. The maximum atomic E-state index is 15.1. The number of esters is 1. The molecule has 2 aromatic rings. The number of hydroxylamine groups is 1. The van der Waals surface area contributed by atoms with Gasteiger partial charge >= 0.3 is 11.9 Å². The fraction of sp³-hybridized carbons (Fsp3) is 0.250. The lowest BCUT2D eigenvalue weighted by atomic mass is 10.0. The zero-order valence-electron chi connectivity index (χ0n) is 16.8. The summed E-state index contributed by atoms with van der Waals surface area (Å²) in [6.07, 6.45) is 0. The highest BCUT2D eigenvalue weighted by Gasteiger charge is 2.31. The van der Waals surface area contributed by atoms with Crippen LogP contribution >= 0.6 is 22.6 Å². The zero-order valence-corrected chi connectivity index (χ0v) is 18.9. The summed E-state index contributed by atoms with van der Waals surface area (Å²) in [4.78, 5) is 41.7. The summed E-state index contributed by atoms with van der Waals surface area (Å²) in [7, 11) is 0. The average Bonchev–Trinajstić information content (AvgIpc) is 2.78. The van der Waals surface area contributed by atoms with Gasteiger partial charge in [0, 0.05) is 15.7 Å². The number of carbonyl (C=O) groups excluding carboxylic acids is 3. The van der Waals surface area contributed by atoms with Gasteiger partial charge in [0.05, 0.1) is 36.7 Å². The molecule has 3 N–H and O–H groups in total. The van der Waals surface area contributed by atoms with Crippen molar-refractivity contribution in [2.45, 2.75) is 6.54 Å². The van der Waals surface area contributed by atoms with Gasteiger partial charge in [-0.1, -0.05) is 0 Å². The Morgan fingerprint density at radius 3 is 2.67 bits per heavy atom. The summed E-state index contributed by atoms with van der Waals surface area (Å²) in [5.41, 5.74) is 0.197. The van der Waals surface area contributed by atoms with E-state index in [9.17, 15) is 23.2 Å². The largest absolute Gasteiger partial charge is 0.457 e. The molecule has 3 rings (SSSR count). The van der Waals surface area contributed by atoms with Crippen LogP contribution in [0.3, 0.4) is 0 Å². The van der Waals surface area contributed by atoms with E-state index < -0.39 is 65.2 Å². The lowest BCUT2D eigenvalue weighted by Crippen LogP contribution is -2.44. The number of hydrogen-bond acceptors (Lipinski definition) is 7. The number of hydrogen-bond donors (Lipinski definition) is 3. The molecule has 1 saturated heterocycles. The van der Waals surface area contributed by atoms with Crippen LogP contribution in [-0.2, 0) is 25.7 Å². The number of ether oxygens (including phenoxy) is 1. The fourth-order valence-electron chi connectivity index (χ4n) is 2.94. The minimum Gasteiger partial charge on any atom is -0.457 e. The second kappa shape index (κ2) is 10.8. The molecule has 1 aliphatic heterocycles. The molecule has 0 aromatic heterocycles. The Hall–Kier alpha value is -2.91. The van der Waals surface area contributed by atoms with Crippen molar-refractivity contribution in [2.24, 2.45) is 0 Å². The highest BCUT2D eigenvalue weighted by Crippen LogP contribution is 2.31. The second-order valence-electron chi connectivity index (χ2n) is 6.70. The Morgan fingerprint density at radius 1 is 1.21 bits per heavy atom. The molecule has 0 spiro atoms. The number of aliphatic hydroxyl groups excluding tert-OH is 1. The molecule has 33 heavy (non-hydrogen) atoms. The van der Waals surface area contributed by atoms with Gasteiger partial charge in [-0.05, 0) is 46.9 Å². The van der Waals surface area contributed by atoms with E-state index in [1.54, 1.807) is 0 Å². The van der Waals surface area contributed by atoms with Gasteiger partial charge in [0.25, 0.3) is 5.91 Å². The minimum atomic E-state index is -1.51. The number of aliphatic hydroxyl groups is 1. The average molecular weight is 579 g/mol. The lowest BCUT2D eigenvalue weighted by Gasteiger charge is -2.26. The third kappa shape index (κ3) is 5.72. The molecule has 0 aliphatic carbocycles. The summed E-state index contributed by atoms with van der Waals surface area (Å²) in [6, 6.07) is 4.90. The van der Waals surface area contributed by atoms with Gasteiger partial charge in [-0.25, -0.2) is 23.4 Å². The molecule has 0 saturated carbocycles. The summed E-state index contributed by atoms with van der Waals surface area (Å²) in [5, 5.41) is 11.2. The molecule has 0 bridgehead atoms. The number of rotatable bonds is 8. The number of halogens is 4. The number of carbonyl (C=O) groups is 3. The van der Waals surface area contributed by atoms with Crippen LogP contribution in [0.5, 0.6) is 0 Å². The quantitative estimate of drug-likeness (QED) is 0.144. The molecule has 0 atom stereocenters. The maximum absolute atomic E-state index is 15.1. The van der Waals surface area contributed by atoms with Gasteiger partial charge in [-0.2, -0.15) is 0 Å². The second-order valence-corrected chi connectivity index (χ2v) is 7.95. The van der Waals surface area contributed by atoms with Gasteiger partial charge in [0.15, 0.2) is 11.6 Å². The van der Waals surface area contributed by atoms with E-state index in [0.717, 1.165) is 17.0 Å². The van der Waals surface area contributed by atoms with Crippen molar-refractivity contribution < 1.29 is 42.2 Å². The highest BCUT2D eigenvalue weighted by molar-refractivity contribution is 14.1. The standard InChI is InChI=1S/C20H17F3IN3O6/c21-13-8-11(24)1-2-14(13)25-17-12(18(29)26-33-6-4-28)7-10(15(22)16(17)23)9-27-3-5-32-20(31)19(27)30/h1-2,7-8,25,28H,3-6,9H2,(H,26,29). The molecule has 9 nitrogen and oxygen atoms in total. The summed E-state index contributed by atoms with van der Waals surface area (Å²) >= 11 is 1.87. The molecule has 176 valence electrons. The van der Waals surface area contributed by atoms with E-state index >= 15 is 4.39 Å². The first-order valence-corrected chi connectivity index (χ1v) is 10.5. The van der Waals surface area contributed by atoms with Crippen LogP contribution in [0.2, 0.25) is 0 Å².